The Hall–Kier alpha value is -2.07. The van der Waals surface area contributed by atoms with E-state index in [1.165, 1.54) is 12.1 Å². The first kappa shape index (κ1) is 13.9. The van der Waals surface area contributed by atoms with E-state index in [1.54, 1.807) is 24.9 Å². The van der Waals surface area contributed by atoms with Crippen molar-refractivity contribution in [2.24, 2.45) is 0 Å². The Bertz CT molecular complexity index is 720. The van der Waals surface area contributed by atoms with Crippen LogP contribution in [0.2, 0.25) is 0 Å². The molecule has 106 valence electrons. The minimum absolute atomic E-state index is 0.0981. The number of carbonyl (C=O) groups is 1. The van der Waals surface area contributed by atoms with Gasteiger partial charge in [-0.3, -0.25) is 4.79 Å². The first-order valence-electron chi connectivity index (χ1n) is 6.49. The number of methoxy groups -OCH3 is 1. The van der Waals surface area contributed by atoms with Gasteiger partial charge in [-0.1, -0.05) is 12.1 Å². The lowest BCUT2D eigenvalue weighted by atomic mass is 10.0. The number of fused-ring (bicyclic) bond motifs is 1. The predicted octanol–water partition coefficient (Wildman–Crippen LogP) is 4.21. The van der Waals surface area contributed by atoms with Gasteiger partial charge in [0.25, 0.3) is 0 Å². The monoisotopic (exact) mass is 300 g/mol. The molecule has 0 fully saturated rings. The molecule has 4 heteroatoms. The van der Waals surface area contributed by atoms with Gasteiger partial charge in [0.05, 0.1) is 7.11 Å². The highest BCUT2D eigenvalue weighted by atomic mass is 32.2. The number of thioether (sulfide) groups is 1. The molecule has 0 N–H and O–H groups in total. The molecule has 1 aliphatic heterocycles. The summed E-state index contributed by atoms with van der Waals surface area (Å²) in [4.78, 5) is 13.3. The zero-order valence-electron chi connectivity index (χ0n) is 11.4. The van der Waals surface area contributed by atoms with Crippen LogP contribution in [0.4, 0.5) is 4.39 Å². The Morgan fingerprint density at radius 3 is 2.67 bits per heavy atom. The standard InChI is InChI=1S/C17H13FO2S/c1-20-14-5-2-11(3-6-14)8-12-10-21-16-7-4-13(18)9-15(16)17(12)19/h2-9H,10H2,1H3/b12-8-. The Labute approximate surface area is 126 Å². The van der Waals surface area contributed by atoms with Crippen LogP contribution >= 0.6 is 11.8 Å². The van der Waals surface area contributed by atoms with Crippen LogP contribution in [0.3, 0.4) is 0 Å². The molecule has 0 spiro atoms. The van der Waals surface area contributed by atoms with Crippen LogP contribution in [0, 0.1) is 5.82 Å². The van der Waals surface area contributed by atoms with Crippen molar-refractivity contribution in [1.29, 1.82) is 0 Å². The van der Waals surface area contributed by atoms with Gasteiger partial charge in [-0.15, -0.1) is 11.8 Å². The minimum atomic E-state index is -0.381. The SMILES string of the molecule is COc1ccc(/C=C2/CSc3ccc(F)cc3C2=O)cc1. The summed E-state index contributed by atoms with van der Waals surface area (Å²) in [6.45, 7) is 0. The Balaban J connectivity index is 1.93. The Morgan fingerprint density at radius 2 is 1.95 bits per heavy atom. The van der Waals surface area contributed by atoms with Crippen LogP contribution in [0.5, 0.6) is 5.75 Å². The summed E-state index contributed by atoms with van der Waals surface area (Å²) in [5, 5.41) is 0. The summed E-state index contributed by atoms with van der Waals surface area (Å²) in [5.74, 6) is 0.894. The minimum Gasteiger partial charge on any atom is -0.497 e. The molecule has 2 aromatic rings. The van der Waals surface area contributed by atoms with Crippen molar-refractivity contribution in [2.75, 3.05) is 12.9 Å². The van der Waals surface area contributed by atoms with E-state index < -0.39 is 0 Å². The largest absolute Gasteiger partial charge is 0.497 e. The Morgan fingerprint density at radius 1 is 1.19 bits per heavy atom. The number of hydrogen-bond donors (Lipinski definition) is 0. The molecule has 3 rings (SSSR count). The molecule has 0 radical (unpaired) electrons. The zero-order chi connectivity index (χ0) is 14.8. The fourth-order valence-electron chi connectivity index (χ4n) is 2.21. The van der Waals surface area contributed by atoms with Crippen LogP contribution in [-0.4, -0.2) is 18.6 Å². The maximum Gasteiger partial charge on any atom is 0.191 e. The zero-order valence-corrected chi connectivity index (χ0v) is 12.2. The molecule has 1 aliphatic rings. The van der Waals surface area contributed by atoms with Crippen molar-refractivity contribution in [3.8, 4) is 5.75 Å². The quantitative estimate of drug-likeness (QED) is 0.777. The van der Waals surface area contributed by atoms with Gasteiger partial charge in [0.2, 0.25) is 0 Å². The van der Waals surface area contributed by atoms with Gasteiger partial charge < -0.3 is 4.74 Å². The molecule has 0 bridgehead atoms. The average Bonchev–Trinajstić information content (AvgIpc) is 2.51. The summed E-state index contributed by atoms with van der Waals surface area (Å²) >= 11 is 1.56. The number of rotatable bonds is 2. The molecule has 2 nitrogen and oxygen atoms in total. The summed E-state index contributed by atoms with van der Waals surface area (Å²) in [7, 11) is 1.61. The number of hydrogen-bond acceptors (Lipinski definition) is 3. The summed E-state index contributed by atoms with van der Waals surface area (Å²) in [6, 6.07) is 11.8. The average molecular weight is 300 g/mol. The van der Waals surface area contributed by atoms with Crippen molar-refractivity contribution >= 4 is 23.6 Å². The maximum absolute atomic E-state index is 13.3. The molecule has 0 aliphatic carbocycles. The molecule has 0 saturated heterocycles. The second kappa shape index (κ2) is 5.74. The lowest BCUT2D eigenvalue weighted by molar-refractivity contribution is 0.103. The van der Waals surface area contributed by atoms with E-state index in [0.717, 1.165) is 16.2 Å². The molecule has 0 unspecified atom stereocenters. The lowest BCUT2D eigenvalue weighted by Gasteiger charge is -2.17. The first-order valence-corrected chi connectivity index (χ1v) is 7.47. The fraction of sp³-hybridized carbons (Fsp3) is 0.118. The molecule has 0 atom stereocenters. The topological polar surface area (TPSA) is 26.3 Å². The van der Waals surface area contributed by atoms with E-state index >= 15 is 0 Å². The van der Waals surface area contributed by atoms with Crippen LogP contribution < -0.4 is 4.74 Å². The van der Waals surface area contributed by atoms with Crippen LogP contribution in [0.25, 0.3) is 6.08 Å². The lowest BCUT2D eigenvalue weighted by Crippen LogP contribution is -2.12. The second-order valence-electron chi connectivity index (χ2n) is 4.70. The third-order valence-corrected chi connectivity index (χ3v) is 4.44. The molecular formula is C17H13FO2S. The third kappa shape index (κ3) is 2.85. The van der Waals surface area contributed by atoms with Gasteiger partial charge >= 0.3 is 0 Å². The molecule has 21 heavy (non-hydrogen) atoms. The highest BCUT2D eigenvalue weighted by Crippen LogP contribution is 2.33. The fourth-order valence-corrected chi connectivity index (χ4v) is 3.20. The van der Waals surface area contributed by atoms with Crippen molar-refractivity contribution < 1.29 is 13.9 Å². The maximum atomic E-state index is 13.3. The predicted molar refractivity (Wildman–Crippen MR) is 82.4 cm³/mol. The number of carbonyl (C=O) groups excluding carboxylic acids is 1. The van der Waals surface area contributed by atoms with E-state index in [2.05, 4.69) is 0 Å². The third-order valence-electron chi connectivity index (χ3n) is 3.32. The number of benzene rings is 2. The van der Waals surface area contributed by atoms with Gasteiger partial charge in [-0.2, -0.15) is 0 Å². The van der Waals surface area contributed by atoms with E-state index in [0.29, 0.717) is 16.9 Å². The van der Waals surface area contributed by atoms with Gasteiger partial charge in [0, 0.05) is 21.8 Å². The van der Waals surface area contributed by atoms with Crippen molar-refractivity contribution in [2.45, 2.75) is 4.90 Å². The van der Waals surface area contributed by atoms with Crippen molar-refractivity contribution in [3.05, 3.63) is 65.0 Å². The van der Waals surface area contributed by atoms with Crippen molar-refractivity contribution in [3.63, 3.8) is 0 Å². The van der Waals surface area contributed by atoms with Gasteiger partial charge in [0.15, 0.2) is 5.78 Å². The van der Waals surface area contributed by atoms with E-state index in [4.69, 9.17) is 4.74 Å². The Kier molecular flexibility index (Phi) is 3.80. The number of Topliss-reactive ketones (excluding diaryl/α,β-unsaturated/α-hetero) is 1. The highest BCUT2D eigenvalue weighted by Gasteiger charge is 2.22. The smallest absolute Gasteiger partial charge is 0.191 e. The van der Waals surface area contributed by atoms with E-state index in [-0.39, 0.29) is 11.6 Å². The molecular weight excluding hydrogens is 287 g/mol. The molecule has 0 aromatic heterocycles. The number of ketones is 1. The van der Waals surface area contributed by atoms with Crippen LogP contribution in [0.15, 0.2) is 52.9 Å². The summed E-state index contributed by atoms with van der Waals surface area (Å²) in [6.07, 6.45) is 1.85. The summed E-state index contributed by atoms with van der Waals surface area (Å²) in [5.41, 5.74) is 2.06. The van der Waals surface area contributed by atoms with Gasteiger partial charge in [-0.05, 0) is 42.0 Å². The van der Waals surface area contributed by atoms with E-state index in [9.17, 15) is 9.18 Å². The number of halogens is 1. The summed E-state index contributed by atoms with van der Waals surface area (Å²) < 4.78 is 18.4. The first-order chi connectivity index (χ1) is 10.2. The van der Waals surface area contributed by atoms with Gasteiger partial charge in [0.1, 0.15) is 11.6 Å². The number of ether oxygens (including phenoxy) is 1. The second-order valence-corrected chi connectivity index (χ2v) is 5.72. The normalized spacial score (nSPS) is 15.9. The highest BCUT2D eigenvalue weighted by molar-refractivity contribution is 7.99. The molecule has 2 aromatic carbocycles. The molecule has 1 heterocycles. The van der Waals surface area contributed by atoms with Gasteiger partial charge in [-0.25, -0.2) is 4.39 Å². The van der Waals surface area contributed by atoms with E-state index in [1.807, 2.05) is 30.3 Å². The van der Waals surface area contributed by atoms with Crippen LogP contribution in [0.1, 0.15) is 15.9 Å². The van der Waals surface area contributed by atoms with Crippen molar-refractivity contribution in [1.82, 2.24) is 0 Å². The van der Waals surface area contributed by atoms with Crippen LogP contribution in [-0.2, 0) is 0 Å². The molecule has 0 saturated carbocycles. The molecule has 0 amide bonds.